The highest BCUT2D eigenvalue weighted by molar-refractivity contribution is 7.92. The van der Waals surface area contributed by atoms with Gasteiger partial charge in [0.1, 0.15) is 10.6 Å². The summed E-state index contributed by atoms with van der Waals surface area (Å²) < 4.78 is 34.1. The number of anilines is 2. The summed E-state index contributed by atoms with van der Waals surface area (Å²) >= 11 is 0. The summed E-state index contributed by atoms with van der Waals surface area (Å²) in [7, 11) is -2.46. The second-order valence-electron chi connectivity index (χ2n) is 6.59. The predicted molar refractivity (Wildman–Crippen MR) is 106 cm³/mol. The van der Waals surface area contributed by atoms with Gasteiger partial charge < -0.3 is 9.64 Å². The van der Waals surface area contributed by atoms with Crippen LogP contribution in [0.5, 0.6) is 5.75 Å². The third-order valence-electron chi connectivity index (χ3n) is 4.78. The Morgan fingerprint density at radius 3 is 2.59 bits per heavy atom. The van der Waals surface area contributed by atoms with E-state index >= 15 is 0 Å². The number of methoxy groups -OCH3 is 1. The SMILES string of the molecule is CCc1ccc(C)c(NS(=O)(=O)c2cc(N3CCCC3=O)ccc2OC)c1. The molecule has 1 fully saturated rings. The molecule has 2 aromatic carbocycles. The van der Waals surface area contributed by atoms with Crippen LogP contribution in [0.25, 0.3) is 0 Å². The van der Waals surface area contributed by atoms with E-state index in [1.165, 1.54) is 13.2 Å². The topological polar surface area (TPSA) is 75.7 Å². The number of ether oxygens (including phenoxy) is 1. The van der Waals surface area contributed by atoms with Gasteiger partial charge in [-0.05, 0) is 55.2 Å². The molecule has 6 nitrogen and oxygen atoms in total. The van der Waals surface area contributed by atoms with Gasteiger partial charge in [-0.3, -0.25) is 9.52 Å². The lowest BCUT2D eigenvalue weighted by molar-refractivity contribution is -0.117. The van der Waals surface area contributed by atoms with Crippen molar-refractivity contribution in [1.82, 2.24) is 0 Å². The molecular formula is C20H24N2O4S. The van der Waals surface area contributed by atoms with E-state index in [1.807, 2.05) is 32.0 Å². The smallest absolute Gasteiger partial charge is 0.265 e. The van der Waals surface area contributed by atoms with Gasteiger partial charge in [-0.2, -0.15) is 0 Å². The standard InChI is InChI=1S/C20H24N2O4S/c1-4-15-8-7-14(2)17(12-15)21-27(24,25)19-13-16(9-10-18(19)26-3)22-11-5-6-20(22)23/h7-10,12-13,21H,4-6,11H2,1-3H3. The van der Waals surface area contributed by atoms with Gasteiger partial charge >= 0.3 is 0 Å². The maximum atomic E-state index is 13.1. The minimum Gasteiger partial charge on any atom is -0.495 e. The molecule has 1 aliphatic heterocycles. The molecule has 1 N–H and O–H groups in total. The van der Waals surface area contributed by atoms with Crippen molar-refractivity contribution in [2.24, 2.45) is 0 Å². The van der Waals surface area contributed by atoms with Gasteiger partial charge in [-0.25, -0.2) is 8.42 Å². The van der Waals surface area contributed by atoms with Crippen molar-refractivity contribution in [3.8, 4) is 5.75 Å². The van der Waals surface area contributed by atoms with Gasteiger partial charge in [0.05, 0.1) is 12.8 Å². The number of hydrogen-bond donors (Lipinski definition) is 1. The molecule has 0 atom stereocenters. The lowest BCUT2D eigenvalue weighted by Crippen LogP contribution is -2.24. The maximum absolute atomic E-state index is 13.1. The Bertz CT molecular complexity index is 970. The van der Waals surface area contributed by atoms with E-state index in [0.717, 1.165) is 24.0 Å². The number of nitrogens with one attached hydrogen (secondary N) is 1. The first-order chi connectivity index (χ1) is 12.9. The van der Waals surface area contributed by atoms with E-state index in [1.54, 1.807) is 17.0 Å². The molecule has 3 rings (SSSR count). The van der Waals surface area contributed by atoms with Crippen LogP contribution in [0.3, 0.4) is 0 Å². The van der Waals surface area contributed by atoms with Crippen molar-refractivity contribution in [1.29, 1.82) is 0 Å². The summed E-state index contributed by atoms with van der Waals surface area (Å²) in [6.07, 6.45) is 2.06. The van der Waals surface area contributed by atoms with Crippen LogP contribution in [0.1, 0.15) is 30.9 Å². The minimum absolute atomic E-state index is 0.00275. The zero-order valence-electron chi connectivity index (χ0n) is 15.8. The average molecular weight is 388 g/mol. The Labute approximate surface area is 160 Å². The molecule has 1 saturated heterocycles. The highest BCUT2D eigenvalue weighted by Gasteiger charge is 2.26. The first-order valence-corrected chi connectivity index (χ1v) is 10.4. The second kappa shape index (κ2) is 7.60. The minimum atomic E-state index is -3.89. The van der Waals surface area contributed by atoms with Gasteiger partial charge in [-0.1, -0.05) is 19.1 Å². The molecule has 1 heterocycles. The zero-order chi connectivity index (χ0) is 19.6. The number of hydrogen-bond acceptors (Lipinski definition) is 4. The summed E-state index contributed by atoms with van der Waals surface area (Å²) in [5, 5.41) is 0. The number of rotatable bonds is 6. The highest BCUT2D eigenvalue weighted by Crippen LogP contribution is 2.32. The summed E-state index contributed by atoms with van der Waals surface area (Å²) in [6, 6.07) is 10.5. The highest BCUT2D eigenvalue weighted by atomic mass is 32.2. The molecule has 0 aliphatic carbocycles. The fourth-order valence-electron chi connectivity index (χ4n) is 3.16. The Balaban J connectivity index is 2.01. The van der Waals surface area contributed by atoms with Crippen molar-refractivity contribution < 1.29 is 17.9 Å². The Morgan fingerprint density at radius 2 is 1.96 bits per heavy atom. The molecule has 0 bridgehead atoms. The van der Waals surface area contributed by atoms with Crippen LogP contribution < -0.4 is 14.4 Å². The first kappa shape index (κ1) is 19.2. The molecule has 0 spiro atoms. The second-order valence-corrected chi connectivity index (χ2v) is 8.24. The van der Waals surface area contributed by atoms with Crippen molar-refractivity contribution in [3.63, 3.8) is 0 Å². The van der Waals surface area contributed by atoms with Gasteiger partial charge in [0.2, 0.25) is 5.91 Å². The summed E-state index contributed by atoms with van der Waals surface area (Å²) in [5.41, 5.74) is 2.99. The van der Waals surface area contributed by atoms with Crippen LogP contribution in [-0.4, -0.2) is 28.0 Å². The summed E-state index contributed by atoms with van der Waals surface area (Å²) in [6.45, 7) is 4.46. The Morgan fingerprint density at radius 1 is 1.19 bits per heavy atom. The largest absolute Gasteiger partial charge is 0.495 e. The number of carbonyl (C=O) groups excluding carboxylic acids is 1. The summed E-state index contributed by atoms with van der Waals surface area (Å²) in [5.74, 6) is 0.241. The van der Waals surface area contributed by atoms with E-state index in [9.17, 15) is 13.2 Å². The van der Waals surface area contributed by atoms with Gasteiger partial charge in [0, 0.05) is 18.7 Å². The monoisotopic (exact) mass is 388 g/mol. The Kier molecular flexibility index (Phi) is 5.41. The summed E-state index contributed by atoms with van der Waals surface area (Å²) in [4.78, 5) is 13.7. The van der Waals surface area contributed by atoms with Gasteiger partial charge in [-0.15, -0.1) is 0 Å². The van der Waals surface area contributed by atoms with Crippen LogP contribution in [0.15, 0.2) is 41.3 Å². The molecule has 144 valence electrons. The van der Waals surface area contributed by atoms with E-state index in [4.69, 9.17) is 4.74 Å². The van der Waals surface area contributed by atoms with Crippen LogP contribution in [0.4, 0.5) is 11.4 Å². The molecule has 0 saturated carbocycles. The van der Waals surface area contributed by atoms with E-state index in [2.05, 4.69) is 4.72 Å². The maximum Gasteiger partial charge on any atom is 0.265 e. The number of carbonyl (C=O) groups is 1. The normalized spacial score (nSPS) is 14.5. The number of benzene rings is 2. The molecule has 0 aromatic heterocycles. The molecule has 1 aliphatic rings. The van der Waals surface area contributed by atoms with Crippen LogP contribution >= 0.6 is 0 Å². The number of sulfonamides is 1. The quantitative estimate of drug-likeness (QED) is 0.822. The lowest BCUT2D eigenvalue weighted by atomic mass is 10.1. The van der Waals surface area contributed by atoms with E-state index < -0.39 is 10.0 Å². The third-order valence-corrected chi connectivity index (χ3v) is 6.16. The lowest BCUT2D eigenvalue weighted by Gasteiger charge is -2.19. The third kappa shape index (κ3) is 3.93. The number of aryl methyl sites for hydroxylation is 2. The molecular weight excluding hydrogens is 364 g/mol. The van der Waals surface area contributed by atoms with Crippen molar-refractivity contribution >= 4 is 27.3 Å². The predicted octanol–water partition coefficient (Wildman–Crippen LogP) is 3.49. The van der Waals surface area contributed by atoms with E-state index in [-0.39, 0.29) is 16.6 Å². The molecule has 27 heavy (non-hydrogen) atoms. The molecule has 1 amide bonds. The number of nitrogens with zero attached hydrogens (tertiary/aromatic N) is 1. The fourth-order valence-corrected chi connectivity index (χ4v) is 4.47. The van der Waals surface area contributed by atoms with E-state index in [0.29, 0.717) is 24.3 Å². The average Bonchev–Trinajstić information content (AvgIpc) is 3.08. The zero-order valence-corrected chi connectivity index (χ0v) is 16.6. The molecule has 2 aromatic rings. The van der Waals surface area contributed by atoms with Crippen LogP contribution in [0, 0.1) is 6.92 Å². The molecule has 0 radical (unpaired) electrons. The van der Waals surface area contributed by atoms with Crippen LogP contribution in [-0.2, 0) is 21.2 Å². The van der Waals surface area contributed by atoms with Gasteiger partial charge in [0.15, 0.2) is 0 Å². The fraction of sp³-hybridized carbons (Fsp3) is 0.350. The van der Waals surface area contributed by atoms with Crippen molar-refractivity contribution in [3.05, 3.63) is 47.5 Å². The van der Waals surface area contributed by atoms with Crippen molar-refractivity contribution in [2.75, 3.05) is 23.3 Å². The van der Waals surface area contributed by atoms with Crippen molar-refractivity contribution in [2.45, 2.75) is 38.0 Å². The first-order valence-electron chi connectivity index (χ1n) is 8.96. The molecule has 0 unspecified atom stereocenters. The number of amides is 1. The molecule has 7 heteroatoms. The van der Waals surface area contributed by atoms with Crippen LogP contribution in [0.2, 0.25) is 0 Å². The Hall–Kier alpha value is -2.54. The van der Waals surface area contributed by atoms with Gasteiger partial charge in [0.25, 0.3) is 10.0 Å².